The van der Waals surface area contributed by atoms with Gasteiger partial charge in [0.15, 0.2) is 5.78 Å². The molecule has 12 nitrogen and oxygen atoms in total. The van der Waals surface area contributed by atoms with Crippen molar-refractivity contribution < 1.29 is 19.1 Å². The molecule has 0 unspecified atom stereocenters. The van der Waals surface area contributed by atoms with Crippen molar-refractivity contribution in [3.63, 3.8) is 0 Å². The predicted octanol–water partition coefficient (Wildman–Crippen LogP) is 4.75. The number of nitriles is 1. The maximum atomic E-state index is 14.0. The number of nitrogens with two attached hydrogens (primary N) is 2. The number of hydrogen-bond acceptors (Lipinski definition) is 9. The van der Waals surface area contributed by atoms with Gasteiger partial charge in [-0.1, -0.05) is 32.9 Å². The Morgan fingerprint density at radius 3 is 2.67 bits per heavy atom. The quantitative estimate of drug-likeness (QED) is 0.159. The van der Waals surface area contributed by atoms with Gasteiger partial charge in [0.1, 0.15) is 12.4 Å². The number of rotatable bonds is 12. The highest BCUT2D eigenvalue weighted by Crippen LogP contribution is 2.46. The normalized spacial score (nSPS) is 19.5. The molecular formula is C43H52N8O4. The summed E-state index contributed by atoms with van der Waals surface area (Å²) in [6.07, 6.45) is 7.10. The summed E-state index contributed by atoms with van der Waals surface area (Å²) >= 11 is 0. The highest BCUT2D eigenvalue weighted by Gasteiger charge is 2.41. The molecule has 3 atom stereocenters. The van der Waals surface area contributed by atoms with Gasteiger partial charge in [-0.15, -0.1) is 0 Å². The number of nitrogens with zero attached hydrogens (tertiary/aromatic N) is 4. The Morgan fingerprint density at radius 2 is 1.93 bits per heavy atom. The smallest absolute Gasteiger partial charge is 0.248 e. The molecule has 6 N–H and O–H groups in total. The van der Waals surface area contributed by atoms with Crippen LogP contribution >= 0.6 is 0 Å². The minimum Gasteiger partial charge on any atom is -0.383 e. The number of aromatic nitrogens is 2. The summed E-state index contributed by atoms with van der Waals surface area (Å²) in [6.45, 7) is 9.47. The zero-order valence-corrected chi connectivity index (χ0v) is 32.1. The van der Waals surface area contributed by atoms with E-state index in [0.29, 0.717) is 56.2 Å². The zero-order valence-electron chi connectivity index (χ0n) is 32.1. The van der Waals surface area contributed by atoms with Crippen molar-refractivity contribution in [3.05, 3.63) is 87.7 Å². The molecule has 7 rings (SSSR count). The fourth-order valence-electron chi connectivity index (χ4n) is 8.73. The number of aryl methyl sites for hydroxylation is 2. The van der Waals surface area contributed by atoms with Crippen LogP contribution in [0.5, 0.6) is 0 Å². The van der Waals surface area contributed by atoms with E-state index >= 15 is 0 Å². The Bertz CT molecular complexity index is 2140. The van der Waals surface area contributed by atoms with E-state index in [1.165, 1.54) is 0 Å². The number of amides is 2. The van der Waals surface area contributed by atoms with Crippen molar-refractivity contribution in [2.75, 3.05) is 50.0 Å². The second-order valence-corrected chi connectivity index (χ2v) is 15.9. The number of ether oxygens (including phenoxy) is 1. The molecule has 1 saturated heterocycles. The monoisotopic (exact) mass is 744 g/mol. The Morgan fingerprint density at radius 1 is 1.13 bits per heavy atom. The number of carbonyl (C=O) groups is 3. The Labute approximate surface area is 322 Å². The third kappa shape index (κ3) is 7.68. The summed E-state index contributed by atoms with van der Waals surface area (Å²) in [4.78, 5) is 51.8. The fraction of sp³-hybridized carbons (Fsp3) is 0.465. The molecule has 1 saturated carbocycles. The predicted molar refractivity (Wildman–Crippen MR) is 213 cm³/mol. The first-order valence-corrected chi connectivity index (χ1v) is 19.6. The molecule has 4 aromatic rings. The first kappa shape index (κ1) is 38.0. The van der Waals surface area contributed by atoms with Gasteiger partial charge in [-0.2, -0.15) is 5.26 Å². The highest BCUT2D eigenvalue weighted by atomic mass is 16.5. The van der Waals surface area contributed by atoms with E-state index in [4.69, 9.17) is 16.2 Å². The van der Waals surface area contributed by atoms with E-state index < -0.39 is 11.5 Å². The van der Waals surface area contributed by atoms with Crippen molar-refractivity contribution in [1.82, 2.24) is 20.2 Å². The Balaban J connectivity index is 0.884. The van der Waals surface area contributed by atoms with Crippen LogP contribution in [0.1, 0.15) is 96.7 Å². The number of carbonyl (C=O) groups excluding carboxylic acids is 3. The molecule has 2 aromatic heterocycles. The third-order valence-electron chi connectivity index (χ3n) is 12.0. The molecule has 0 spiro atoms. The summed E-state index contributed by atoms with van der Waals surface area (Å²) in [5.74, 6) is 0.667. The van der Waals surface area contributed by atoms with E-state index in [-0.39, 0.29) is 36.2 Å². The van der Waals surface area contributed by atoms with Crippen LogP contribution in [0.4, 0.5) is 11.5 Å². The largest absolute Gasteiger partial charge is 0.383 e. The molecule has 288 valence electrons. The number of nitrogens with one attached hydrogen (secondary N) is 2. The van der Waals surface area contributed by atoms with E-state index in [2.05, 4.69) is 59.2 Å². The van der Waals surface area contributed by atoms with E-state index in [1.807, 2.05) is 29.2 Å². The number of hydrogen-bond donors (Lipinski definition) is 4. The molecule has 2 aliphatic carbocycles. The number of pyridine rings is 1. The highest BCUT2D eigenvalue weighted by molar-refractivity contribution is 6.20. The topological polar surface area (TPSA) is 183 Å². The van der Waals surface area contributed by atoms with Crippen LogP contribution in [0.3, 0.4) is 0 Å². The molecule has 2 amide bonds. The standard InChI is InChI=1S/C43H52N8O4/c1-4-28-21-32-33(43(2,3)40-38(39(32)53)31-13-11-26(23-44)20-35(31)49-40)22-36(28)50-15-17-51(18-16-50)37(52)25-55-24-27-10-12-30(19-27)48-42(54)34(45)9-5-7-29-8-6-14-47-41(29)46/h6,8,11,13-14,20-22,27,30,34,49H,4-5,7,9-10,12,15-19,24-25,45H2,1-3H3,(H2,46,47)(H,48,54)/t27-,30+,34-/m0/s1. The van der Waals surface area contributed by atoms with Crippen LogP contribution in [0, 0.1) is 17.2 Å². The first-order valence-electron chi connectivity index (χ1n) is 19.6. The van der Waals surface area contributed by atoms with Crippen LogP contribution in [0.15, 0.2) is 48.7 Å². The van der Waals surface area contributed by atoms with E-state index in [9.17, 15) is 19.6 Å². The summed E-state index contributed by atoms with van der Waals surface area (Å²) in [5, 5.41) is 13.4. The van der Waals surface area contributed by atoms with Gasteiger partial charge in [0.2, 0.25) is 11.8 Å². The zero-order chi connectivity index (χ0) is 38.9. The number of piperazine rings is 1. The minimum atomic E-state index is -0.572. The maximum absolute atomic E-state index is 14.0. The van der Waals surface area contributed by atoms with Gasteiger partial charge in [0.25, 0.3) is 0 Å². The van der Waals surface area contributed by atoms with Gasteiger partial charge in [-0.25, -0.2) is 4.98 Å². The Hall–Kier alpha value is -5.25. The molecule has 3 heterocycles. The SMILES string of the molecule is CCc1cc2c(cc1N1CCN(C(=O)COC[C@H]3CC[C@@H](NC(=O)[C@@H](N)CCCc4cccnc4N)C3)CC1)C(C)(C)c1[nH]c3cc(C#N)ccc3c1C2=O. The average Bonchev–Trinajstić information content (AvgIpc) is 3.81. The van der Waals surface area contributed by atoms with Crippen molar-refractivity contribution in [3.8, 4) is 6.07 Å². The van der Waals surface area contributed by atoms with Crippen molar-refractivity contribution in [1.29, 1.82) is 5.26 Å². The molecule has 12 heteroatoms. The summed E-state index contributed by atoms with van der Waals surface area (Å²) < 4.78 is 5.94. The molecule has 2 fully saturated rings. The number of ketones is 1. The van der Waals surface area contributed by atoms with Crippen molar-refractivity contribution in [2.24, 2.45) is 11.7 Å². The average molecular weight is 745 g/mol. The van der Waals surface area contributed by atoms with Gasteiger partial charge in [0.05, 0.1) is 29.8 Å². The number of H-pyrrole nitrogens is 1. The lowest BCUT2D eigenvalue weighted by Gasteiger charge is -2.39. The number of nitrogen functional groups attached to an aromatic ring is 1. The van der Waals surface area contributed by atoms with Gasteiger partial charge < -0.3 is 36.3 Å². The first-order chi connectivity index (χ1) is 26.5. The lowest BCUT2D eigenvalue weighted by molar-refractivity contribution is -0.136. The van der Waals surface area contributed by atoms with Crippen LogP contribution in [-0.4, -0.2) is 83.9 Å². The number of fused-ring (bicyclic) bond motifs is 4. The summed E-state index contributed by atoms with van der Waals surface area (Å²) in [7, 11) is 0. The summed E-state index contributed by atoms with van der Waals surface area (Å²) in [5.41, 5.74) is 19.5. The molecule has 2 aromatic carbocycles. The molecule has 3 aliphatic rings. The maximum Gasteiger partial charge on any atom is 0.248 e. The van der Waals surface area contributed by atoms with E-state index in [1.54, 1.807) is 12.3 Å². The van der Waals surface area contributed by atoms with Gasteiger partial charge in [0, 0.05) is 71.7 Å². The second-order valence-electron chi connectivity index (χ2n) is 15.9. The number of benzene rings is 2. The van der Waals surface area contributed by atoms with Crippen molar-refractivity contribution in [2.45, 2.75) is 83.2 Å². The number of anilines is 2. The third-order valence-corrected chi connectivity index (χ3v) is 12.0. The molecule has 1 aliphatic heterocycles. The van der Waals surface area contributed by atoms with Gasteiger partial charge >= 0.3 is 0 Å². The van der Waals surface area contributed by atoms with Crippen LogP contribution < -0.4 is 21.7 Å². The molecule has 0 bridgehead atoms. The molecular weight excluding hydrogens is 693 g/mol. The fourth-order valence-corrected chi connectivity index (χ4v) is 8.73. The van der Waals surface area contributed by atoms with E-state index in [0.717, 1.165) is 83.1 Å². The molecule has 55 heavy (non-hydrogen) atoms. The van der Waals surface area contributed by atoms with Gasteiger partial charge in [-0.05, 0) is 97.9 Å². The summed E-state index contributed by atoms with van der Waals surface area (Å²) in [6, 6.07) is 15.2. The van der Waals surface area contributed by atoms with Crippen LogP contribution in [-0.2, 0) is 32.6 Å². The lowest BCUT2D eigenvalue weighted by atomic mass is 9.70. The van der Waals surface area contributed by atoms with Crippen LogP contribution in [0.2, 0.25) is 0 Å². The van der Waals surface area contributed by atoms with Crippen molar-refractivity contribution >= 4 is 40.0 Å². The lowest BCUT2D eigenvalue weighted by Crippen LogP contribution is -2.50. The minimum absolute atomic E-state index is 0.00837. The molecule has 0 radical (unpaired) electrons. The number of aromatic amines is 1. The second kappa shape index (κ2) is 15.8. The Kier molecular flexibility index (Phi) is 11.0. The van der Waals surface area contributed by atoms with Crippen LogP contribution in [0.25, 0.3) is 10.9 Å². The van der Waals surface area contributed by atoms with Gasteiger partial charge in [-0.3, -0.25) is 14.4 Å².